The van der Waals surface area contributed by atoms with Crippen molar-refractivity contribution < 1.29 is 33.5 Å². The van der Waals surface area contributed by atoms with Gasteiger partial charge in [-0.25, -0.2) is 14.2 Å². The van der Waals surface area contributed by atoms with E-state index in [9.17, 15) is 23.9 Å². The number of amides is 2. The molecule has 0 atom stereocenters. The standard InChI is InChI=1S/C16H19FN2O6/c1-18(2)15(22)10-25-19(9-11-4-6-12(17)7-5-11)14(21)8-13(20)16(23)24-3/h4-8,20H,9-10H2,1-3H3. The van der Waals surface area contributed by atoms with E-state index in [1.165, 1.54) is 43.3 Å². The van der Waals surface area contributed by atoms with Gasteiger partial charge >= 0.3 is 5.97 Å². The Morgan fingerprint density at radius 2 is 1.80 bits per heavy atom. The zero-order chi connectivity index (χ0) is 19.0. The van der Waals surface area contributed by atoms with Crippen molar-refractivity contribution in [3.8, 4) is 0 Å². The summed E-state index contributed by atoms with van der Waals surface area (Å²) in [5.41, 5.74) is 0.512. The summed E-state index contributed by atoms with van der Waals surface area (Å²) >= 11 is 0. The minimum Gasteiger partial charge on any atom is -0.502 e. The molecule has 0 bridgehead atoms. The fraction of sp³-hybridized carbons (Fsp3) is 0.312. The lowest BCUT2D eigenvalue weighted by atomic mass is 10.2. The van der Waals surface area contributed by atoms with Crippen LogP contribution in [-0.4, -0.2) is 60.7 Å². The van der Waals surface area contributed by atoms with E-state index in [0.29, 0.717) is 11.6 Å². The Morgan fingerprint density at radius 3 is 2.32 bits per heavy atom. The van der Waals surface area contributed by atoms with Crippen LogP contribution in [0.2, 0.25) is 0 Å². The topological polar surface area (TPSA) is 96.4 Å². The summed E-state index contributed by atoms with van der Waals surface area (Å²) in [4.78, 5) is 41.4. The van der Waals surface area contributed by atoms with E-state index in [-0.39, 0.29) is 6.54 Å². The smallest absolute Gasteiger partial charge is 0.373 e. The number of hydrogen-bond acceptors (Lipinski definition) is 6. The van der Waals surface area contributed by atoms with E-state index in [2.05, 4.69) is 4.74 Å². The number of hydroxylamine groups is 2. The third kappa shape index (κ3) is 6.60. The van der Waals surface area contributed by atoms with Gasteiger partial charge in [-0.2, -0.15) is 0 Å². The second-order valence-corrected chi connectivity index (χ2v) is 5.08. The molecule has 0 aliphatic heterocycles. The lowest BCUT2D eigenvalue weighted by Crippen LogP contribution is -2.35. The van der Waals surface area contributed by atoms with Crippen molar-refractivity contribution in [2.24, 2.45) is 0 Å². The summed E-state index contributed by atoms with van der Waals surface area (Å²) < 4.78 is 17.3. The quantitative estimate of drug-likeness (QED) is 0.337. The maximum atomic E-state index is 13.0. The van der Waals surface area contributed by atoms with Crippen LogP contribution in [0.25, 0.3) is 0 Å². The lowest BCUT2D eigenvalue weighted by molar-refractivity contribution is -0.189. The number of esters is 1. The average molecular weight is 354 g/mol. The van der Waals surface area contributed by atoms with Crippen molar-refractivity contribution in [2.45, 2.75) is 6.54 Å². The van der Waals surface area contributed by atoms with E-state index < -0.39 is 36.0 Å². The second kappa shape index (κ2) is 9.38. The zero-order valence-electron chi connectivity index (χ0n) is 14.1. The summed E-state index contributed by atoms with van der Waals surface area (Å²) in [6.45, 7) is -0.572. The SMILES string of the molecule is COC(=O)C(O)=CC(=O)N(Cc1ccc(F)cc1)OCC(=O)N(C)C. The molecule has 0 aliphatic carbocycles. The first-order valence-electron chi connectivity index (χ1n) is 7.12. The highest BCUT2D eigenvalue weighted by atomic mass is 19.1. The maximum absolute atomic E-state index is 13.0. The summed E-state index contributed by atoms with van der Waals surface area (Å²) in [5, 5.41) is 10.2. The molecule has 0 radical (unpaired) electrons. The average Bonchev–Trinajstić information content (AvgIpc) is 2.58. The van der Waals surface area contributed by atoms with Gasteiger partial charge in [0.2, 0.25) is 5.76 Å². The Bertz CT molecular complexity index is 657. The Morgan fingerprint density at radius 1 is 1.20 bits per heavy atom. The van der Waals surface area contributed by atoms with Gasteiger partial charge in [-0.05, 0) is 17.7 Å². The monoisotopic (exact) mass is 354 g/mol. The van der Waals surface area contributed by atoms with Gasteiger partial charge in [0, 0.05) is 14.1 Å². The molecule has 2 amide bonds. The van der Waals surface area contributed by atoms with Gasteiger partial charge in [0.05, 0.1) is 19.7 Å². The lowest BCUT2D eigenvalue weighted by Gasteiger charge is -2.21. The first-order valence-corrected chi connectivity index (χ1v) is 7.12. The number of carbonyl (C=O) groups is 3. The molecule has 9 heteroatoms. The van der Waals surface area contributed by atoms with Crippen LogP contribution < -0.4 is 0 Å². The van der Waals surface area contributed by atoms with E-state index in [1.54, 1.807) is 0 Å². The minimum absolute atomic E-state index is 0.134. The molecule has 1 aromatic rings. The number of rotatable bonds is 7. The van der Waals surface area contributed by atoms with Gasteiger partial charge in [0.25, 0.3) is 11.8 Å². The molecule has 0 saturated carbocycles. The largest absolute Gasteiger partial charge is 0.502 e. The molecule has 0 unspecified atom stereocenters. The molecule has 0 spiro atoms. The van der Waals surface area contributed by atoms with Crippen molar-refractivity contribution in [3.63, 3.8) is 0 Å². The van der Waals surface area contributed by atoms with Crippen LogP contribution in [0.3, 0.4) is 0 Å². The van der Waals surface area contributed by atoms with Gasteiger partial charge in [0.15, 0.2) is 6.61 Å². The molecule has 1 rings (SSSR count). The molecule has 0 aromatic heterocycles. The number of aliphatic hydroxyl groups excluding tert-OH is 1. The van der Waals surface area contributed by atoms with Gasteiger partial charge in [-0.1, -0.05) is 12.1 Å². The van der Waals surface area contributed by atoms with E-state index in [4.69, 9.17) is 4.84 Å². The Kier molecular flexibility index (Phi) is 7.54. The molecule has 1 N–H and O–H groups in total. The molecule has 25 heavy (non-hydrogen) atoms. The first-order chi connectivity index (χ1) is 11.7. The maximum Gasteiger partial charge on any atom is 0.373 e. The predicted molar refractivity (Wildman–Crippen MR) is 84.3 cm³/mol. The molecule has 0 fully saturated rings. The normalized spacial score (nSPS) is 11.0. The Hall–Kier alpha value is -2.94. The third-order valence-electron chi connectivity index (χ3n) is 2.98. The van der Waals surface area contributed by atoms with Gasteiger partial charge in [-0.15, -0.1) is 0 Å². The number of halogens is 1. The van der Waals surface area contributed by atoms with Crippen molar-refractivity contribution in [2.75, 3.05) is 27.8 Å². The van der Waals surface area contributed by atoms with Crippen molar-refractivity contribution in [3.05, 3.63) is 47.5 Å². The highest BCUT2D eigenvalue weighted by molar-refractivity contribution is 5.96. The number of nitrogens with zero attached hydrogens (tertiary/aromatic N) is 2. The van der Waals surface area contributed by atoms with Crippen LogP contribution in [-0.2, 0) is 30.5 Å². The molecule has 0 aliphatic rings. The molecular formula is C16H19FN2O6. The van der Waals surface area contributed by atoms with Gasteiger partial charge in [0.1, 0.15) is 5.82 Å². The predicted octanol–water partition coefficient (Wildman–Crippen LogP) is 0.789. The van der Waals surface area contributed by atoms with Crippen LogP contribution in [0.4, 0.5) is 4.39 Å². The minimum atomic E-state index is -1.10. The van der Waals surface area contributed by atoms with Crippen LogP contribution in [0.15, 0.2) is 36.1 Å². The molecule has 1 aromatic carbocycles. The zero-order valence-corrected chi connectivity index (χ0v) is 14.1. The van der Waals surface area contributed by atoms with Crippen LogP contribution in [0.1, 0.15) is 5.56 Å². The van der Waals surface area contributed by atoms with Gasteiger partial charge < -0.3 is 14.7 Å². The number of likely N-dealkylation sites (N-methyl/N-ethyl adjacent to an activating group) is 1. The molecule has 0 saturated heterocycles. The summed E-state index contributed by atoms with van der Waals surface area (Å²) in [6, 6.07) is 5.25. The third-order valence-corrected chi connectivity index (χ3v) is 2.98. The number of ether oxygens (including phenoxy) is 1. The van der Waals surface area contributed by atoms with Crippen molar-refractivity contribution in [1.29, 1.82) is 0 Å². The van der Waals surface area contributed by atoms with E-state index in [0.717, 1.165) is 12.2 Å². The van der Waals surface area contributed by atoms with Gasteiger partial charge in [-0.3, -0.25) is 14.4 Å². The first kappa shape index (κ1) is 20.1. The number of benzene rings is 1. The van der Waals surface area contributed by atoms with E-state index >= 15 is 0 Å². The van der Waals surface area contributed by atoms with Crippen LogP contribution in [0, 0.1) is 5.82 Å². The Balaban J connectivity index is 2.93. The summed E-state index contributed by atoms with van der Waals surface area (Å²) in [7, 11) is 4.07. The number of aliphatic hydroxyl groups is 1. The number of hydrogen-bond donors (Lipinski definition) is 1. The summed E-state index contributed by atoms with van der Waals surface area (Å²) in [5.74, 6) is -3.76. The molecule has 136 valence electrons. The fourth-order valence-electron chi connectivity index (χ4n) is 1.56. The summed E-state index contributed by atoms with van der Waals surface area (Å²) in [6.07, 6.45) is 0.607. The van der Waals surface area contributed by atoms with Crippen molar-refractivity contribution in [1.82, 2.24) is 9.96 Å². The van der Waals surface area contributed by atoms with Crippen molar-refractivity contribution >= 4 is 17.8 Å². The van der Waals surface area contributed by atoms with E-state index in [1.807, 2.05) is 0 Å². The second-order valence-electron chi connectivity index (χ2n) is 5.08. The van der Waals surface area contributed by atoms with Crippen LogP contribution >= 0.6 is 0 Å². The van der Waals surface area contributed by atoms with Crippen LogP contribution in [0.5, 0.6) is 0 Å². The highest BCUT2D eigenvalue weighted by Gasteiger charge is 2.19. The molecule has 0 heterocycles. The number of methoxy groups -OCH3 is 1. The highest BCUT2D eigenvalue weighted by Crippen LogP contribution is 2.09. The molecular weight excluding hydrogens is 335 g/mol. The number of carbonyl (C=O) groups excluding carboxylic acids is 3. The molecule has 8 nitrogen and oxygen atoms in total. The Labute approximate surface area is 144 Å². The fourth-order valence-corrected chi connectivity index (χ4v) is 1.56.